The highest BCUT2D eigenvalue weighted by Crippen LogP contribution is 2.35. The molecule has 0 radical (unpaired) electrons. The summed E-state index contributed by atoms with van der Waals surface area (Å²) in [7, 11) is -1.74. The van der Waals surface area contributed by atoms with Gasteiger partial charge in [0.25, 0.3) is 0 Å². The van der Waals surface area contributed by atoms with Crippen molar-refractivity contribution in [3.63, 3.8) is 0 Å². The molecular weight excluding hydrogens is 268 g/mol. The summed E-state index contributed by atoms with van der Waals surface area (Å²) in [6.45, 7) is 1.87. The van der Waals surface area contributed by atoms with Gasteiger partial charge in [-0.1, -0.05) is 25.0 Å². The molecule has 2 aliphatic rings. The largest absolute Gasteiger partial charge is 0.491 e. The fraction of sp³-hybridized carbons (Fsp3) is 0.625. The van der Waals surface area contributed by atoms with E-state index in [4.69, 9.17) is 0 Å². The van der Waals surface area contributed by atoms with Crippen LogP contribution in [0, 0.1) is 11.7 Å². The van der Waals surface area contributed by atoms with Crippen LogP contribution in [0.25, 0.3) is 0 Å². The Hall–Kier alpha value is -0.905. The first kappa shape index (κ1) is 15.0. The van der Waals surface area contributed by atoms with E-state index >= 15 is 0 Å². The molecule has 2 N–H and O–H groups in total. The number of likely N-dealkylation sites (tertiary alicyclic amines) is 1. The minimum atomic E-state index is -1.74. The molecule has 1 heterocycles. The minimum Gasteiger partial charge on any atom is -0.423 e. The maximum atomic E-state index is 13.5. The molecule has 2 atom stereocenters. The van der Waals surface area contributed by atoms with Gasteiger partial charge in [0, 0.05) is 18.0 Å². The lowest BCUT2D eigenvalue weighted by atomic mass is 9.77. The van der Waals surface area contributed by atoms with Crippen LogP contribution in [0.4, 0.5) is 4.39 Å². The van der Waals surface area contributed by atoms with Gasteiger partial charge in [-0.15, -0.1) is 0 Å². The van der Waals surface area contributed by atoms with E-state index in [0.29, 0.717) is 6.04 Å². The summed E-state index contributed by atoms with van der Waals surface area (Å²) in [6.07, 6.45) is 7.84. The predicted octanol–water partition coefficient (Wildman–Crippen LogP) is 1.66. The van der Waals surface area contributed by atoms with Crippen LogP contribution in [0.15, 0.2) is 18.2 Å². The van der Waals surface area contributed by atoms with Crippen LogP contribution in [0.3, 0.4) is 0 Å². The number of hydrogen-bond acceptors (Lipinski definition) is 3. The molecule has 1 aromatic carbocycles. The van der Waals surface area contributed by atoms with Gasteiger partial charge < -0.3 is 10.0 Å². The van der Waals surface area contributed by atoms with E-state index in [1.807, 2.05) is 0 Å². The summed E-state index contributed by atoms with van der Waals surface area (Å²) in [4.78, 5) is 2.51. The third-order valence-corrected chi connectivity index (χ3v) is 5.08. The lowest BCUT2D eigenvalue weighted by Gasteiger charge is -2.44. The lowest BCUT2D eigenvalue weighted by Crippen LogP contribution is -2.46. The molecule has 1 aliphatic heterocycles. The minimum absolute atomic E-state index is 0.0234. The molecule has 0 amide bonds. The summed E-state index contributed by atoms with van der Waals surface area (Å²) in [5.41, 5.74) is 0.940. The highest BCUT2D eigenvalue weighted by atomic mass is 19.1. The average Bonchev–Trinajstić information content (AvgIpc) is 2.49. The van der Waals surface area contributed by atoms with Crippen LogP contribution >= 0.6 is 0 Å². The fourth-order valence-corrected chi connectivity index (χ4v) is 4.05. The normalized spacial score (nSPS) is 26.4. The zero-order valence-corrected chi connectivity index (χ0v) is 12.3. The molecule has 0 spiro atoms. The van der Waals surface area contributed by atoms with Crippen molar-refractivity contribution in [1.29, 1.82) is 0 Å². The number of hydrogen-bond donors (Lipinski definition) is 2. The Morgan fingerprint density at radius 1 is 1.14 bits per heavy atom. The first-order chi connectivity index (χ1) is 10.1. The monoisotopic (exact) mass is 291 g/mol. The van der Waals surface area contributed by atoms with E-state index in [0.717, 1.165) is 24.6 Å². The molecule has 5 heteroatoms. The van der Waals surface area contributed by atoms with Gasteiger partial charge in [-0.2, -0.15) is 0 Å². The van der Waals surface area contributed by atoms with Crippen molar-refractivity contribution < 1.29 is 14.4 Å². The Morgan fingerprint density at radius 3 is 2.71 bits per heavy atom. The number of rotatable bonds is 3. The molecule has 114 valence electrons. The molecular formula is C16H23BFNO2. The highest BCUT2D eigenvalue weighted by molar-refractivity contribution is 6.58. The quantitative estimate of drug-likeness (QED) is 0.832. The summed E-state index contributed by atoms with van der Waals surface area (Å²) in [5, 5.41) is 18.4. The number of benzene rings is 1. The number of piperidine rings is 1. The molecule has 2 fully saturated rings. The molecule has 3 nitrogen and oxygen atoms in total. The summed E-state index contributed by atoms with van der Waals surface area (Å²) >= 11 is 0. The van der Waals surface area contributed by atoms with Crippen LogP contribution in [-0.4, -0.2) is 34.7 Å². The van der Waals surface area contributed by atoms with E-state index < -0.39 is 12.9 Å². The molecule has 1 saturated heterocycles. The number of halogens is 1. The molecule has 2 unspecified atom stereocenters. The molecule has 21 heavy (non-hydrogen) atoms. The summed E-state index contributed by atoms with van der Waals surface area (Å²) in [6, 6.07) is 5.34. The van der Waals surface area contributed by atoms with Crippen LogP contribution in [0.1, 0.15) is 44.1 Å². The van der Waals surface area contributed by atoms with E-state index in [1.165, 1.54) is 44.6 Å². The second-order valence-corrected chi connectivity index (χ2v) is 6.45. The SMILES string of the molecule is OB(O)c1cc(CN2CCCC3CCCCC32)ccc1F. The van der Waals surface area contributed by atoms with Gasteiger partial charge in [0.2, 0.25) is 0 Å². The first-order valence-electron chi connectivity index (χ1n) is 8.03. The Morgan fingerprint density at radius 2 is 1.90 bits per heavy atom. The van der Waals surface area contributed by atoms with Gasteiger partial charge in [-0.05, 0) is 49.8 Å². The van der Waals surface area contributed by atoms with E-state index in [2.05, 4.69) is 4.90 Å². The molecule has 3 rings (SSSR count). The smallest absolute Gasteiger partial charge is 0.423 e. The van der Waals surface area contributed by atoms with E-state index in [9.17, 15) is 14.4 Å². The van der Waals surface area contributed by atoms with Crippen molar-refractivity contribution in [2.45, 2.75) is 51.1 Å². The van der Waals surface area contributed by atoms with Crippen molar-refractivity contribution in [1.82, 2.24) is 4.90 Å². The number of nitrogens with zero attached hydrogens (tertiary/aromatic N) is 1. The van der Waals surface area contributed by atoms with Gasteiger partial charge in [0.15, 0.2) is 0 Å². The Labute approximate surface area is 125 Å². The fourth-order valence-electron chi connectivity index (χ4n) is 4.05. The summed E-state index contributed by atoms with van der Waals surface area (Å²) < 4.78 is 13.5. The van der Waals surface area contributed by atoms with Crippen LogP contribution < -0.4 is 5.46 Å². The van der Waals surface area contributed by atoms with Crippen molar-refractivity contribution in [2.24, 2.45) is 5.92 Å². The van der Waals surface area contributed by atoms with Gasteiger partial charge in [0.1, 0.15) is 5.82 Å². The zero-order chi connectivity index (χ0) is 14.8. The number of fused-ring (bicyclic) bond motifs is 1. The molecule has 1 saturated carbocycles. The third-order valence-electron chi connectivity index (χ3n) is 5.08. The molecule has 0 aromatic heterocycles. The maximum Gasteiger partial charge on any atom is 0.491 e. The maximum absolute atomic E-state index is 13.5. The second-order valence-electron chi connectivity index (χ2n) is 6.45. The van der Waals surface area contributed by atoms with Crippen molar-refractivity contribution in [3.05, 3.63) is 29.6 Å². The lowest BCUT2D eigenvalue weighted by molar-refractivity contribution is 0.0547. The summed E-state index contributed by atoms with van der Waals surface area (Å²) in [5.74, 6) is 0.263. The average molecular weight is 291 g/mol. The Balaban J connectivity index is 1.74. The Bertz CT molecular complexity index is 495. The van der Waals surface area contributed by atoms with Gasteiger partial charge >= 0.3 is 7.12 Å². The molecule has 0 bridgehead atoms. The van der Waals surface area contributed by atoms with Gasteiger partial charge in [-0.25, -0.2) is 4.39 Å². The zero-order valence-electron chi connectivity index (χ0n) is 12.3. The van der Waals surface area contributed by atoms with Gasteiger partial charge in [-0.3, -0.25) is 4.90 Å². The van der Waals surface area contributed by atoms with Gasteiger partial charge in [0.05, 0.1) is 0 Å². The van der Waals surface area contributed by atoms with Crippen molar-refractivity contribution >= 4 is 12.6 Å². The first-order valence-corrected chi connectivity index (χ1v) is 8.03. The second kappa shape index (κ2) is 6.47. The Kier molecular flexibility index (Phi) is 4.62. The highest BCUT2D eigenvalue weighted by Gasteiger charge is 2.33. The van der Waals surface area contributed by atoms with Crippen LogP contribution in [0.5, 0.6) is 0 Å². The standard InChI is InChI=1S/C16H23BFNO2/c18-15-8-7-12(10-14(15)17(20)21)11-19-9-3-5-13-4-1-2-6-16(13)19/h7-8,10,13,16,20-21H,1-6,9,11H2. The van der Waals surface area contributed by atoms with E-state index in [1.54, 1.807) is 12.1 Å². The van der Waals surface area contributed by atoms with Crippen LogP contribution in [-0.2, 0) is 6.54 Å². The topological polar surface area (TPSA) is 43.7 Å². The van der Waals surface area contributed by atoms with Crippen molar-refractivity contribution in [2.75, 3.05) is 6.54 Å². The molecule has 1 aromatic rings. The predicted molar refractivity (Wildman–Crippen MR) is 81.6 cm³/mol. The third kappa shape index (κ3) is 3.30. The van der Waals surface area contributed by atoms with E-state index in [-0.39, 0.29) is 5.46 Å². The van der Waals surface area contributed by atoms with Crippen LogP contribution in [0.2, 0.25) is 0 Å². The van der Waals surface area contributed by atoms with Crippen molar-refractivity contribution in [3.8, 4) is 0 Å². The molecule has 1 aliphatic carbocycles.